The summed E-state index contributed by atoms with van der Waals surface area (Å²) in [6.45, 7) is 4.62. The SMILES string of the molecule is CCN1CCC(=O)/C(=C/c2cc(OC)ccc2OC)C1. The summed E-state index contributed by atoms with van der Waals surface area (Å²) in [6.07, 6.45) is 2.51. The lowest BCUT2D eigenvalue weighted by atomic mass is 10.00. The summed E-state index contributed by atoms with van der Waals surface area (Å²) in [6, 6.07) is 5.60. The van der Waals surface area contributed by atoms with E-state index in [1.807, 2.05) is 24.3 Å². The smallest absolute Gasteiger partial charge is 0.161 e. The lowest BCUT2D eigenvalue weighted by Gasteiger charge is -2.26. The van der Waals surface area contributed by atoms with Gasteiger partial charge in [-0.15, -0.1) is 0 Å². The van der Waals surface area contributed by atoms with E-state index in [0.717, 1.165) is 35.7 Å². The first kappa shape index (κ1) is 14.6. The van der Waals surface area contributed by atoms with Crippen molar-refractivity contribution in [1.82, 2.24) is 4.90 Å². The van der Waals surface area contributed by atoms with Gasteiger partial charge in [0.15, 0.2) is 5.78 Å². The van der Waals surface area contributed by atoms with E-state index in [1.54, 1.807) is 14.2 Å². The monoisotopic (exact) mass is 275 g/mol. The van der Waals surface area contributed by atoms with Crippen LogP contribution in [0.1, 0.15) is 18.9 Å². The van der Waals surface area contributed by atoms with Gasteiger partial charge in [-0.2, -0.15) is 0 Å². The zero-order valence-electron chi connectivity index (χ0n) is 12.3. The molecule has 20 heavy (non-hydrogen) atoms. The molecule has 1 aliphatic heterocycles. The lowest BCUT2D eigenvalue weighted by molar-refractivity contribution is -0.117. The summed E-state index contributed by atoms with van der Waals surface area (Å²) in [5.74, 6) is 1.73. The largest absolute Gasteiger partial charge is 0.497 e. The van der Waals surface area contributed by atoms with Gasteiger partial charge >= 0.3 is 0 Å². The minimum Gasteiger partial charge on any atom is -0.497 e. The average molecular weight is 275 g/mol. The van der Waals surface area contributed by atoms with Crippen LogP contribution in [0.15, 0.2) is 23.8 Å². The Morgan fingerprint density at radius 1 is 1.30 bits per heavy atom. The van der Waals surface area contributed by atoms with Crippen LogP contribution >= 0.6 is 0 Å². The Bertz CT molecular complexity index is 522. The van der Waals surface area contributed by atoms with Crippen molar-refractivity contribution in [1.29, 1.82) is 0 Å². The highest BCUT2D eigenvalue weighted by Crippen LogP contribution is 2.27. The number of ether oxygens (including phenoxy) is 2. The van der Waals surface area contributed by atoms with E-state index in [-0.39, 0.29) is 5.78 Å². The second kappa shape index (κ2) is 6.57. The van der Waals surface area contributed by atoms with Gasteiger partial charge in [0.25, 0.3) is 0 Å². The van der Waals surface area contributed by atoms with Gasteiger partial charge in [0.2, 0.25) is 0 Å². The zero-order valence-corrected chi connectivity index (χ0v) is 12.3. The Morgan fingerprint density at radius 3 is 2.75 bits per heavy atom. The molecule has 0 radical (unpaired) electrons. The number of nitrogens with zero attached hydrogens (tertiary/aromatic N) is 1. The maximum Gasteiger partial charge on any atom is 0.161 e. The number of Topliss-reactive ketones (excluding diaryl/α,β-unsaturated/α-hetero) is 1. The lowest BCUT2D eigenvalue weighted by Crippen LogP contribution is -2.35. The van der Waals surface area contributed by atoms with Crippen LogP contribution < -0.4 is 9.47 Å². The Kier molecular flexibility index (Phi) is 4.79. The molecular weight excluding hydrogens is 254 g/mol. The summed E-state index contributed by atoms with van der Waals surface area (Å²) >= 11 is 0. The Hall–Kier alpha value is -1.81. The number of piperidine rings is 1. The van der Waals surface area contributed by atoms with E-state index >= 15 is 0 Å². The van der Waals surface area contributed by atoms with Gasteiger partial charge in [0.05, 0.1) is 14.2 Å². The number of carbonyl (C=O) groups is 1. The number of likely N-dealkylation sites (tertiary alicyclic amines) is 1. The van der Waals surface area contributed by atoms with Crippen molar-refractivity contribution in [3.63, 3.8) is 0 Å². The third-order valence-corrected chi connectivity index (χ3v) is 3.62. The number of benzene rings is 1. The fourth-order valence-corrected chi connectivity index (χ4v) is 2.36. The Balaban J connectivity index is 2.34. The van der Waals surface area contributed by atoms with Gasteiger partial charge in [0.1, 0.15) is 11.5 Å². The summed E-state index contributed by atoms with van der Waals surface area (Å²) in [5.41, 5.74) is 1.72. The highest BCUT2D eigenvalue weighted by atomic mass is 16.5. The van der Waals surface area contributed by atoms with E-state index in [1.165, 1.54) is 0 Å². The van der Waals surface area contributed by atoms with Gasteiger partial charge in [-0.1, -0.05) is 6.92 Å². The van der Waals surface area contributed by atoms with Crippen LogP contribution in [0, 0.1) is 0 Å². The van der Waals surface area contributed by atoms with Crippen LogP contribution in [0.4, 0.5) is 0 Å². The standard InChI is InChI=1S/C16H21NO3/c1-4-17-8-7-15(18)13(11-17)9-12-10-14(19-2)5-6-16(12)20-3/h5-6,9-10H,4,7-8,11H2,1-3H3/b13-9+. The highest BCUT2D eigenvalue weighted by Gasteiger charge is 2.20. The van der Waals surface area contributed by atoms with E-state index in [2.05, 4.69) is 11.8 Å². The molecule has 0 aromatic heterocycles. The number of hydrogen-bond acceptors (Lipinski definition) is 4. The fraction of sp³-hybridized carbons (Fsp3) is 0.438. The number of methoxy groups -OCH3 is 2. The molecule has 0 amide bonds. The number of hydrogen-bond donors (Lipinski definition) is 0. The van der Waals surface area contributed by atoms with Crippen molar-refractivity contribution in [3.8, 4) is 11.5 Å². The van der Waals surface area contributed by atoms with Gasteiger partial charge in [-0.25, -0.2) is 0 Å². The number of carbonyl (C=O) groups excluding carboxylic acids is 1. The number of rotatable bonds is 4. The molecule has 0 unspecified atom stereocenters. The van der Waals surface area contributed by atoms with Crippen molar-refractivity contribution in [2.24, 2.45) is 0 Å². The third-order valence-electron chi connectivity index (χ3n) is 3.62. The quantitative estimate of drug-likeness (QED) is 0.791. The van der Waals surface area contributed by atoms with Crippen molar-refractivity contribution in [2.75, 3.05) is 33.9 Å². The molecule has 108 valence electrons. The Labute approximate surface area is 120 Å². The summed E-state index contributed by atoms with van der Waals surface area (Å²) in [7, 11) is 3.26. The average Bonchev–Trinajstić information content (AvgIpc) is 2.49. The van der Waals surface area contributed by atoms with E-state index in [0.29, 0.717) is 13.0 Å². The highest BCUT2D eigenvalue weighted by molar-refractivity contribution is 6.01. The number of ketones is 1. The molecule has 2 rings (SSSR count). The summed E-state index contributed by atoms with van der Waals surface area (Å²) < 4.78 is 10.6. The van der Waals surface area contributed by atoms with Gasteiger partial charge in [-0.3, -0.25) is 9.69 Å². The minimum atomic E-state index is 0.222. The molecule has 0 bridgehead atoms. The van der Waals surface area contributed by atoms with Crippen LogP contribution in [0.5, 0.6) is 11.5 Å². The maximum absolute atomic E-state index is 12.0. The summed E-state index contributed by atoms with van der Waals surface area (Å²) in [5, 5.41) is 0. The minimum absolute atomic E-state index is 0.222. The molecule has 0 aliphatic carbocycles. The fourth-order valence-electron chi connectivity index (χ4n) is 2.36. The molecule has 1 heterocycles. The molecule has 0 saturated carbocycles. The first-order chi connectivity index (χ1) is 9.67. The molecular formula is C16H21NO3. The topological polar surface area (TPSA) is 38.8 Å². The third kappa shape index (κ3) is 3.20. The van der Waals surface area contributed by atoms with Gasteiger partial charge < -0.3 is 9.47 Å². The Morgan fingerprint density at radius 2 is 2.10 bits per heavy atom. The van der Waals surface area contributed by atoms with Gasteiger partial charge in [0, 0.05) is 30.6 Å². The second-order valence-electron chi connectivity index (χ2n) is 4.82. The number of likely N-dealkylation sites (N-methyl/N-ethyl adjacent to an activating group) is 1. The maximum atomic E-state index is 12.0. The van der Waals surface area contributed by atoms with Crippen molar-refractivity contribution in [3.05, 3.63) is 29.3 Å². The molecule has 0 spiro atoms. The van der Waals surface area contributed by atoms with Crippen LogP contribution in [-0.2, 0) is 4.79 Å². The van der Waals surface area contributed by atoms with Gasteiger partial charge in [-0.05, 0) is 30.8 Å². The zero-order chi connectivity index (χ0) is 14.5. The second-order valence-corrected chi connectivity index (χ2v) is 4.82. The molecule has 0 N–H and O–H groups in total. The van der Waals surface area contributed by atoms with E-state index in [9.17, 15) is 4.79 Å². The van der Waals surface area contributed by atoms with E-state index in [4.69, 9.17) is 9.47 Å². The summed E-state index contributed by atoms with van der Waals surface area (Å²) in [4.78, 5) is 14.3. The molecule has 4 heteroatoms. The molecule has 1 aromatic rings. The van der Waals surface area contributed by atoms with Crippen LogP contribution in [0.25, 0.3) is 6.08 Å². The predicted octanol–water partition coefficient (Wildman–Crippen LogP) is 2.38. The van der Waals surface area contributed by atoms with Crippen LogP contribution in [0.2, 0.25) is 0 Å². The van der Waals surface area contributed by atoms with E-state index < -0.39 is 0 Å². The molecule has 4 nitrogen and oxygen atoms in total. The first-order valence-electron chi connectivity index (χ1n) is 6.86. The molecule has 1 saturated heterocycles. The van der Waals surface area contributed by atoms with Crippen molar-refractivity contribution < 1.29 is 14.3 Å². The predicted molar refractivity (Wildman–Crippen MR) is 79.3 cm³/mol. The van der Waals surface area contributed by atoms with Crippen LogP contribution in [-0.4, -0.2) is 44.5 Å². The molecule has 1 aromatic carbocycles. The normalized spacial score (nSPS) is 18.4. The molecule has 1 aliphatic rings. The van der Waals surface area contributed by atoms with Crippen LogP contribution in [0.3, 0.4) is 0 Å². The van der Waals surface area contributed by atoms with Crippen molar-refractivity contribution in [2.45, 2.75) is 13.3 Å². The molecule has 1 fully saturated rings. The van der Waals surface area contributed by atoms with Crippen molar-refractivity contribution >= 4 is 11.9 Å². The first-order valence-corrected chi connectivity index (χ1v) is 6.86. The molecule has 0 atom stereocenters.